The van der Waals surface area contributed by atoms with Gasteiger partial charge in [0.15, 0.2) is 0 Å². The molecule has 1 aliphatic carbocycles. The van der Waals surface area contributed by atoms with Gasteiger partial charge in [0, 0.05) is 15.3 Å². The van der Waals surface area contributed by atoms with Crippen molar-refractivity contribution in [2.24, 2.45) is 0 Å². The molecule has 31 heavy (non-hydrogen) atoms. The van der Waals surface area contributed by atoms with Gasteiger partial charge in [-0.1, -0.05) is 18.2 Å². The van der Waals surface area contributed by atoms with Gasteiger partial charge < -0.3 is 10.0 Å². The first-order valence-electron chi connectivity index (χ1n) is 10.5. The number of Topliss-reactive ketones (excluding diaryl/α,β-unsaturated/α-hetero) is 1. The summed E-state index contributed by atoms with van der Waals surface area (Å²) in [6.45, 7) is 2.33. The summed E-state index contributed by atoms with van der Waals surface area (Å²) >= 11 is 3.08. The summed E-state index contributed by atoms with van der Waals surface area (Å²) in [6, 6.07) is 11.2. The van der Waals surface area contributed by atoms with Crippen molar-refractivity contribution >= 4 is 40.1 Å². The molecule has 1 N–H and O–H groups in total. The molecular formula is C25H23NO3S2. The number of benzene rings is 1. The van der Waals surface area contributed by atoms with E-state index in [0.717, 1.165) is 34.6 Å². The van der Waals surface area contributed by atoms with E-state index in [9.17, 15) is 14.7 Å². The first kappa shape index (κ1) is 20.2. The zero-order chi connectivity index (χ0) is 21.5. The highest BCUT2D eigenvalue weighted by atomic mass is 32.1. The van der Waals surface area contributed by atoms with Crippen LogP contribution in [0.15, 0.2) is 52.7 Å². The summed E-state index contributed by atoms with van der Waals surface area (Å²) in [4.78, 5) is 29.8. The third-order valence-electron chi connectivity index (χ3n) is 6.22. The standard InChI is InChI=1S/C25H23NO3S2/c1-15-10-12-31-24(15)21-20(23(28)25(29)26(21)14-19-7-4-11-30-19)22(27)18-9-8-16-5-2-3-6-17(16)13-18/h4,7-13,21,27H,2-3,5-6,14H2,1H3/b22-20-. The van der Waals surface area contributed by atoms with Gasteiger partial charge in [-0.05, 0) is 78.3 Å². The second kappa shape index (κ2) is 8.09. The van der Waals surface area contributed by atoms with Gasteiger partial charge >= 0.3 is 0 Å². The molecule has 3 aromatic rings. The van der Waals surface area contributed by atoms with E-state index in [1.807, 2.05) is 48.0 Å². The van der Waals surface area contributed by atoms with Crippen molar-refractivity contribution in [2.75, 3.05) is 0 Å². The smallest absolute Gasteiger partial charge is 0.296 e. The van der Waals surface area contributed by atoms with Crippen molar-refractivity contribution in [1.29, 1.82) is 0 Å². The molecule has 0 spiro atoms. The molecule has 158 valence electrons. The molecule has 1 fully saturated rings. The molecule has 1 aliphatic heterocycles. The summed E-state index contributed by atoms with van der Waals surface area (Å²) in [5.74, 6) is -1.23. The SMILES string of the molecule is Cc1ccsc1C1/C(=C(/O)c2ccc3c(c2)CCCC3)C(=O)C(=O)N1Cc1cccs1. The minimum absolute atomic E-state index is 0.0711. The Bertz CT molecular complexity index is 1190. The lowest BCUT2D eigenvalue weighted by Crippen LogP contribution is -2.28. The summed E-state index contributed by atoms with van der Waals surface area (Å²) < 4.78 is 0. The van der Waals surface area contributed by atoms with Crippen LogP contribution in [0.2, 0.25) is 0 Å². The lowest BCUT2D eigenvalue weighted by molar-refractivity contribution is -0.140. The topological polar surface area (TPSA) is 57.6 Å². The monoisotopic (exact) mass is 449 g/mol. The van der Waals surface area contributed by atoms with Crippen LogP contribution in [0.1, 0.15) is 50.9 Å². The van der Waals surface area contributed by atoms with Crippen molar-refractivity contribution in [2.45, 2.75) is 45.2 Å². The van der Waals surface area contributed by atoms with Crippen LogP contribution in [0.4, 0.5) is 0 Å². The zero-order valence-corrected chi connectivity index (χ0v) is 18.9. The molecule has 5 rings (SSSR count). The number of carbonyl (C=O) groups excluding carboxylic acids is 2. The Morgan fingerprint density at radius 1 is 1.06 bits per heavy atom. The van der Waals surface area contributed by atoms with Gasteiger partial charge in [-0.25, -0.2) is 0 Å². The minimum Gasteiger partial charge on any atom is -0.507 e. The van der Waals surface area contributed by atoms with E-state index in [1.54, 1.807) is 16.2 Å². The number of hydrogen-bond donors (Lipinski definition) is 1. The summed E-state index contributed by atoms with van der Waals surface area (Å²) in [7, 11) is 0. The molecule has 1 atom stereocenters. The summed E-state index contributed by atoms with van der Waals surface area (Å²) in [5.41, 5.74) is 4.37. The van der Waals surface area contributed by atoms with Crippen molar-refractivity contribution < 1.29 is 14.7 Å². The van der Waals surface area contributed by atoms with Crippen molar-refractivity contribution in [3.8, 4) is 0 Å². The van der Waals surface area contributed by atoms with Gasteiger partial charge in [-0.3, -0.25) is 9.59 Å². The Hall–Kier alpha value is -2.70. The van der Waals surface area contributed by atoms with Gasteiger partial charge in [0.1, 0.15) is 11.8 Å². The van der Waals surface area contributed by atoms with E-state index in [1.165, 1.54) is 28.9 Å². The maximum absolute atomic E-state index is 13.2. The molecular weight excluding hydrogens is 426 g/mol. The van der Waals surface area contributed by atoms with E-state index in [0.29, 0.717) is 12.1 Å². The zero-order valence-electron chi connectivity index (χ0n) is 17.3. The molecule has 1 unspecified atom stereocenters. The normalized spacial score (nSPS) is 20.3. The number of thiophene rings is 2. The Labute approximate surface area is 189 Å². The van der Waals surface area contributed by atoms with Crippen LogP contribution in [-0.2, 0) is 29.0 Å². The van der Waals surface area contributed by atoms with Crippen molar-refractivity contribution in [3.05, 3.63) is 84.7 Å². The number of aliphatic hydroxyl groups is 1. The van der Waals surface area contributed by atoms with E-state index in [2.05, 4.69) is 6.07 Å². The average Bonchev–Trinajstić information content (AvgIpc) is 3.50. The highest BCUT2D eigenvalue weighted by Gasteiger charge is 2.47. The Morgan fingerprint density at radius 2 is 1.87 bits per heavy atom. The third kappa shape index (κ3) is 3.54. The molecule has 4 nitrogen and oxygen atoms in total. The highest BCUT2D eigenvalue weighted by Crippen LogP contribution is 2.43. The van der Waals surface area contributed by atoms with Gasteiger partial charge in [0.25, 0.3) is 11.7 Å². The van der Waals surface area contributed by atoms with Crippen LogP contribution >= 0.6 is 22.7 Å². The molecule has 1 saturated heterocycles. The van der Waals surface area contributed by atoms with Crippen LogP contribution in [0, 0.1) is 6.92 Å². The van der Waals surface area contributed by atoms with Gasteiger partial charge in [-0.15, -0.1) is 22.7 Å². The Kier molecular flexibility index (Phi) is 5.28. The third-order valence-corrected chi connectivity index (χ3v) is 8.15. The Balaban J connectivity index is 1.64. The number of nitrogens with zero attached hydrogens (tertiary/aromatic N) is 1. The molecule has 0 bridgehead atoms. The van der Waals surface area contributed by atoms with Crippen LogP contribution in [0.5, 0.6) is 0 Å². The average molecular weight is 450 g/mol. The molecule has 6 heteroatoms. The summed E-state index contributed by atoms with van der Waals surface area (Å²) in [5, 5.41) is 15.2. The summed E-state index contributed by atoms with van der Waals surface area (Å²) in [6.07, 6.45) is 4.35. The maximum Gasteiger partial charge on any atom is 0.296 e. The number of fused-ring (bicyclic) bond motifs is 1. The Morgan fingerprint density at radius 3 is 2.58 bits per heavy atom. The number of aryl methyl sites for hydroxylation is 3. The number of carbonyl (C=O) groups is 2. The van der Waals surface area contributed by atoms with Crippen LogP contribution in [-0.4, -0.2) is 21.7 Å². The van der Waals surface area contributed by atoms with Crippen molar-refractivity contribution in [3.63, 3.8) is 0 Å². The molecule has 3 heterocycles. The first-order valence-corrected chi connectivity index (χ1v) is 12.3. The predicted octanol–water partition coefficient (Wildman–Crippen LogP) is 5.62. The second-order valence-electron chi connectivity index (χ2n) is 8.16. The fraction of sp³-hybridized carbons (Fsp3) is 0.280. The number of ketones is 1. The van der Waals surface area contributed by atoms with Crippen LogP contribution < -0.4 is 0 Å². The quantitative estimate of drug-likeness (QED) is 0.320. The fourth-order valence-electron chi connectivity index (χ4n) is 4.59. The highest BCUT2D eigenvalue weighted by molar-refractivity contribution is 7.10. The van der Waals surface area contributed by atoms with Crippen molar-refractivity contribution in [1.82, 2.24) is 4.90 Å². The van der Waals surface area contributed by atoms with E-state index in [4.69, 9.17) is 0 Å². The maximum atomic E-state index is 13.2. The molecule has 0 radical (unpaired) electrons. The number of hydrogen-bond acceptors (Lipinski definition) is 5. The molecule has 1 aromatic carbocycles. The number of amides is 1. The molecule has 1 amide bonds. The predicted molar refractivity (Wildman–Crippen MR) is 124 cm³/mol. The number of aliphatic hydroxyl groups excluding tert-OH is 1. The molecule has 2 aliphatic rings. The fourth-order valence-corrected chi connectivity index (χ4v) is 6.34. The largest absolute Gasteiger partial charge is 0.507 e. The van der Waals surface area contributed by atoms with E-state index < -0.39 is 17.7 Å². The number of likely N-dealkylation sites (tertiary alicyclic amines) is 1. The van der Waals surface area contributed by atoms with E-state index in [-0.39, 0.29) is 11.3 Å². The second-order valence-corrected chi connectivity index (χ2v) is 10.1. The van der Waals surface area contributed by atoms with E-state index >= 15 is 0 Å². The van der Waals surface area contributed by atoms with Gasteiger partial charge in [0.05, 0.1) is 12.1 Å². The van der Waals surface area contributed by atoms with Crippen LogP contribution in [0.25, 0.3) is 5.76 Å². The lowest BCUT2D eigenvalue weighted by Gasteiger charge is -2.24. The lowest BCUT2D eigenvalue weighted by atomic mass is 9.89. The molecule has 2 aromatic heterocycles. The van der Waals surface area contributed by atoms with Gasteiger partial charge in [-0.2, -0.15) is 0 Å². The molecule has 0 saturated carbocycles. The minimum atomic E-state index is -0.607. The first-order chi connectivity index (χ1) is 15.0. The number of rotatable bonds is 4. The van der Waals surface area contributed by atoms with Gasteiger partial charge in [0.2, 0.25) is 0 Å². The van der Waals surface area contributed by atoms with Crippen LogP contribution in [0.3, 0.4) is 0 Å².